The molecule has 1 aliphatic carbocycles. The van der Waals surface area contributed by atoms with Crippen LogP contribution in [-0.4, -0.2) is 21.4 Å². The molecule has 27 heavy (non-hydrogen) atoms. The fourth-order valence-corrected chi connectivity index (χ4v) is 14.6. The number of hydrogen-bond donors (Lipinski definition) is 0. The van der Waals surface area contributed by atoms with Crippen LogP contribution >= 0.6 is 17.2 Å². The zero-order valence-electron chi connectivity index (χ0n) is 20.4. The summed E-state index contributed by atoms with van der Waals surface area (Å²) in [7, 11) is 2.44. The summed E-state index contributed by atoms with van der Waals surface area (Å²) >= 11 is -1.03. The molecule has 1 rings (SSSR count). The number of hydrogen-bond acceptors (Lipinski definition) is 0. The molecular formula is C24H51P2Ti. The van der Waals surface area contributed by atoms with Gasteiger partial charge in [-0.3, -0.25) is 0 Å². The molecule has 0 nitrogen and oxygen atoms in total. The van der Waals surface area contributed by atoms with Crippen LogP contribution in [0.3, 0.4) is 0 Å². The summed E-state index contributed by atoms with van der Waals surface area (Å²) in [6, 6.07) is 0. The summed E-state index contributed by atoms with van der Waals surface area (Å²) in [6.07, 6.45) is 13.2. The molecule has 161 valence electrons. The van der Waals surface area contributed by atoms with E-state index in [1.165, 1.54) is 68.0 Å². The fourth-order valence-electron chi connectivity index (χ4n) is 5.66. The molecule has 0 radical (unpaired) electrons. The molecule has 0 bridgehead atoms. The van der Waals surface area contributed by atoms with Crippen LogP contribution in [0.4, 0.5) is 0 Å². The first kappa shape index (κ1) is 26.6. The summed E-state index contributed by atoms with van der Waals surface area (Å²) in [5.41, 5.74) is 2.28. The molecule has 1 fully saturated rings. The standard InChI is InChI=1S/C22H45P2.2CH3.Ti/c1-9-11-13-23-18-15-19(24-14-12-10-2)17-22(16-18,20(3,4)5)21(6,7)8;;;/h18,23-24H,9-17H2,1-8H3;2*1H3;. The van der Waals surface area contributed by atoms with Crippen molar-refractivity contribution >= 4 is 17.2 Å². The molecule has 1 aliphatic rings. The van der Waals surface area contributed by atoms with E-state index in [1.54, 1.807) is 6.42 Å². The van der Waals surface area contributed by atoms with Gasteiger partial charge in [-0.25, -0.2) is 0 Å². The summed E-state index contributed by atoms with van der Waals surface area (Å²) in [5, 5.41) is 5.43. The van der Waals surface area contributed by atoms with Gasteiger partial charge in [-0.1, -0.05) is 0 Å². The number of rotatable bonds is 9. The van der Waals surface area contributed by atoms with Gasteiger partial charge in [-0.2, -0.15) is 0 Å². The van der Waals surface area contributed by atoms with Crippen molar-refractivity contribution in [2.45, 2.75) is 120 Å². The average Bonchev–Trinajstić information content (AvgIpc) is 2.53. The van der Waals surface area contributed by atoms with Crippen molar-refractivity contribution < 1.29 is 17.9 Å². The Hall–Kier alpha value is 1.57. The molecule has 0 saturated heterocycles. The van der Waals surface area contributed by atoms with E-state index in [-0.39, 0.29) is 0 Å². The Morgan fingerprint density at radius 3 is 1.81 bits per heavy atom. The maximum absolute atomic E-state index is 2.71. The van der Waals surface area contributed by atoms with E-state index < -0.39 is 17.9 Å². The second kappa shape index (κ2) is 10.7. The topological polar surface area (TPSA) is 0 Å². The minimum atomic E-state index is -1.03. The van der Waals surface area contributed by atoms with E-state index in [4.69, 9.17) is 0 Å². The Morgan fingerprint density at radius 1 is 0.852 bits per heavy atom. The van der Waals surface area contributed by atoms with Gasteiger partial charge in [0.1, 0.15) is 0 Å². The third-order valence-corrected chi connectivity index (χ3v) is 17.3. The molecule has 0 aromatic heterocycles. The van der Waals surface area contributed by atoms with Gasteiger partial charge >= 0.3 is 184 Å². The van der Waals surface area contributed by atoms with E-state index in [0.717, 1.165) is 9.12 Å². The Morgan fingerprint density at radius 2 is 1.37 bits per heavy atom. The molecule has 4 unspecified atom stereocenters. The molecule has 3 heteroatoms. The first-order chi connectivity index (χ1) is 12.4. The molecule has 0 heterocycles. The summed E-state index contributed by atoms with van der Waals surface area (Å²) < 4.78 is 0.748. The van der Waals surface area contributed by atoms with Crippen LogP contribution < -0.4 is 0 Å². The van der Waals surface area contributed by atoms with Crippen LogP contribution in [-0.2, 0) is 17.9 Å². The van der Waals surface area contributed by atoms with Gasteiger partial charge < -0.3 is 0 Å². The van der Waals surface area contributed by atoms with Gasteiger partial charge in [0, 0.05) is 0 Å². The van der Waals surface area contributed by atoms with E-state index in [9.17, 15) is 0 Å². The van der Waals surface area contributed by atoms with Crippen LogP contribution in [0.1, 0.15) is 100 Å². The first-order valence-corrected chi connectivity index (χ1v) is 18.0. The van der Waals surface area contributed by atoms with E-state index in [0.29, 0.717) is 16.2 Å². The zero-order valence-corrected chi connectivity index (χ0v) is 24.0. The van der Waals surface area contributed by atoms with Crippen LogP contribution in [0.2, 0.25) is 10.5 Å². The van der Waals surface area contributed by atoms with Crippen LogP contribution in [0.5, 0.6) is 0 Å². The van der Waals surface area contributed by atoms with Crippen LogP contribution in [0.25, 0.3) is 0 Å². The van der Waals surface area contributed by atoms with Crippen molar-refractivity contribution in [3.05, 3.63) is 0 Å². The predicted octanol–water partition coefficient (Wildman–Crippen LogP) is 8.99. The quantitative estimate of drug-likeness (QED) is 0.187. The Balaban J connectivity index is 3.33. The first-order valence-electron chi connectivity index (χ1n) is 11.6. The average molecular weight is 449 g/mol. The Bertz CT molecular complexity index is 419. The van der Waals surface area contributed by atoms with Crippen molar-refractivity contribution in [3.8, 4) is 0 Å². The predicted molar refractivity (Wildman–Crippen MR) is 130 cm³/mol. The van der Waals surface area contributed by atoms with Crippen LogP contribution in [0.15, 0.2) is 0 Å². The molecular weight excluding hydrogens is 398 g/mol. The Labute approximate surface area is 183 Å². The van der Waals surface area contributed by atoms with E-state index >= 15 is 0 Å². The van der Waals surface area contributed by atoms with Gasteiger partial charge in [-0.15, -0.1) is 0 Å². The van der Waals surface area contributed by atoms with Crippen molar-refractivity contribution in [2.24, 2.45) is 16.2 Å². The molecule has 0 amide bonds. The van der Waals surface area contributed by atoms with Gasteiger partial charge in [0.05, 0.1) is 0 Å². The van der Waals surface area contributed by atoms with Crippen molar-refractivity contribution in [3.63, 3.8) is 0 Å². The van der Waals surface area contributed by atoms with Gasteiger partial charge in [0.25, 0.3) is 0 Å². The fraction of sp³-hybridized carbons (Fsp3) is 1.00. The van der Waals surface area contributed by atoms with Gasteiger partial charge in [0.15, 0.2) is 0 Å². The number of unbranched alkanes of at least 4 members (excludes halogenated alkanes) is 2. The van der Waals surface area contributed by atoms with Crippen molar-refractivity contribution in [2.75, 3.05) is 12.3 Å². The van der Waals surface area contributed by atoms with Crippen LogP contribution in [0, 0.1) is 16.2 Å². The summed E-state index contributed by atoms with van der Waals surface area (Å²) in [4.78, 5) is 0. The van der Waals surface area contributed by atoms with E-state index in [2.05, 4.69) is 65.8 Å². The monoisotopic (exact) mass is 449 g/mol. The minimum absolute atomic E-state index is 0.396. The normalized spacial score (nSPS) is 27.1. The SMILES string of the molecule is CCCCPC1C[C](PCCCC)([Ti]([CH3])[CH3])CC(C(C)(C)C)(C(C)(C)C)C1. The van der Waals surface area contributed by atoms with Gasteiger partial charge in [-0.05, 0) is 0 Å². The molecule has 0 aromatic carbocycles. The third-order valence-electron chi connectivity index (χ3n) is 7.58. The Kier molecular flexibility index (Phi) is 10.6. The van der Waals surface area contributed by atoms with Gasteiger partial charge in [0.2, 0.25) is 0 Å². The summed E-state index contributed by atoms with van der Waals surface area (Å²) in [6.45, 7) is 20.2. The third kappa shape index (κ3) is 6.52. The van der Waals surface area contributed by atoms with E-state index in [1.807, 2.05) is 0 Å². The molecule has 0 N–H and O–H groups in total. The van der Waals surface area contributed by atoms with Crippen molar-refractivity contribution in [1.29, 1.82) is 0 Å². The zero-order chi connectivity index (χ0) is 20.9. The molecule has 0 spiro atoms. The molecule has 0 aromatic rings. The molecule has 0 aliphatic heterocycles. The summed E-state index contributed by atoms with van der Waals surface area (Å²) in [5.74, 6) is 0. The maximum atomic E-state index is 2.71. The second-order valence-electron chi connectivity index (χ2n) is 11.5. The molecule has 1 saturated carbocycles. The second-order valence-corrected chi connectivity index (χ2v) is 20.5. The van der Waals surface area contributed by atoms with Crippen molar-refractivity contribution in [1.82, 2.24) is 0 Å². The molecule has 4 atom stereocenters.